The zero-order valence-electron chi connectivity index (χ0n) is 7.15. The molecule has 0 saturated carbocycles. The number of aliphatic imine (C=N–C) groups is 1. The molecule has 66 valence electrons. The van der Waals surface area contributed by atoms with Crippen molar-refractivity contribution in [2.45, 2.75) is 12.5 Å². The van der Waals surface area contributed by atoms with Crippen molar-refractivity contribution in [3.05, 3.63) is 47.8 Å². The van der Waals surface area contributed by atoms with Crippen LogP contribution < -0.4 is 0 Å². The van der Waals surface area contributed by atoms with Gasteiger partial charge in [0.15, 0.2) is 0 Å². The molecule has 0 saturated heterocycles. The molecule has 0 aliphatic carbocycles. The van der Waals surface area contributed by atoms with E-state index in [0.717, 1.165) is 12.0 Å². The van der Waals surface area contributed by atoms with Gasteiger partial charge in [-0.15, -0.1) is 0 Å². The first-order valence-corrected chi connectivity index (χ1v) is 4.30. The second-order valence-corrected chi connectivity index (χ2v) is 3.03. The topological polar surface area (TPSA) is 12.4 Å². The van der Waals surface area contributed by atoms with Crippen molar-refractivity contribution in [3.8, 4) is 0 Å². The average Bonchev–Trinajstić information content (AvgIpc) is 2.20. The summed E-state index contributed by atoms with van der Waals surface area (Å²) < 4.78 is 12.6. The zero-order chi connectivity index (χ0) is 9.10. The van der Waals surface area contributed by atoms with Crippen LogP contribution in [0.15, 0.2) is 41.4 Å². The van der Waals surface area contributed by atoms with Crippen molar-refractivity contribution in [2.75, 3.05) is 0 Å². The van der Waals surface area contributed by atoms with Crippen LogP contribution in [0.25, 0.3) is 0 Å². The van der Waals surface area contributed by atoms with E-state index in [9.17, 15) is 4.39 Å². The summed E-state index contributed by atoms with van der Waals surface area (Å²) in [7, 11) is 0. The molecule has 0 bridgehead atoms. The third kappa shape index (κ3) is 1.83. The SMILES string of the molecule is Fc1ccc(C2CC=CC=N2)cc1. The molecule has 0 amide bonds. The molecule has 0 spiro atoms. The Labute approximate surface area is 76.6 Å². The Morgan fingerprint density at radius 2 is 2.00 bits per heavy atom. The molecule has 1 aromatic carbocycles. The van der Waals surface area contributed by atoms with Crippen LogP contribution in [0, 0.1) is 5.82 Å². The molecular formula is C11H10FN. The standard InChI is InChI=1S/C11H10FN/c12-10-6-4-9(5-7-10)11-3-1-2-8-13-11/h1-2,4-8,11H,3H2. The molecular weight excluding hydrogens is 165 g/mol. The predicted molar refractivity (Wildman–Crippen MR) is 51.4 cm³/mol. The lowest BCUT2D eigenvalue weighted by atomic mass is 10.0. The lowest BCUT2D eigenvalue weighted by molar-refractivity contribution is 0.625. The lowest BCUT2D eigenvalue weighted by Gasteiger charge is -2.12. The molecule has 2 rings (SSSR count). The third-order valence-electron chi connectivity index (χ3n) is 2.10. The van der Waals surface area contributed by atoms with Gasteiger partial charge in [-0.2, -0.15) is 0 Å². The van der Waals surface area contributed by atoms with Crippen LogP contribution in [-0.2, 0) is 0 Å². The quantitative estimate of drug-likeness (QED) is 0.622. The normalized spacial score (nSPS) is 20.5. The average molecular weight is 175 g/mol. The molecule has 1 heterocycles. The molecule has 1 aliphatic heterocycles. The van der Waals surface area contributed by atoms with Crippen LogP contribution in [0.4, 0.5) is 4.39 Å². The maximum atomic E-state index is 12.6. The Kier molecular flexibility index (Phi) is 2.21. The van der Waals surface area contributed by atoms with E-state index >= 15 is 0 Å². The molecule has 1 unspecified atom stereocenters. The number of dihydropyridines is 1. The minimum Gasteiger partial charge on any atom is -0.285 e. The van der Waals surface area contributed by atoms with E-state index in [1.807, 2.05) is 6.08 Å². The van der Waals surface area contributed by atoms with E-state index in [1.165, 1.54) is 12.1 Å². The number of rotatable bonds is 1. The van der Waals surface area contributed by atoms with Gasteiger partial charge in [0.1, 0.15) is 5.82 Å². The van der Waals surface area contributed by atoms with Crippen LogP contribution in [0.2, 0.25) is 0 Å². The minimum atomic E-state index is -0.195. The first kappa shape index (κ1) is 8.17. The van der Waals surface area contributed by atoms with Gasteiger partial charge in [-0.1, -0.05) is 18.2 Å². The second-order valence-electron chi connectivity index (χ2n) is 3.03. The molecule has 1 aliphatic rings. The summed E-state index contributed by atoms with van der Waals surface area (Å²) in [4.78, 5) is 4.30. The zero-order valence-corrected chi connectivity index (χ0v) is 7.15. The number of allylic oxidation sites excluding steroid dienone is 1. The monoisotopic (exact) mass is 175 g/mol. The molecule has 1 atom stereocenters. The fourth-order valence-electron chi connectivity index (χ4n) is 1.39. The lowest BCUT2D eigenvalue weighted by Crippen LogP contribution is -1.97. The molecule has 1 aromatic rings. The summed E-state index contributed by atoms with van der Waals surface area (Å²) >= 11 is 0. The fourth-order valence-corrected chi connectivity index (χ4v) is 1.39. The highest BCUT2D eigenvalue weighted by Crippen LogP contribution is 2.23. The Morgan fingerprint density at radius 1 is 1.23 bits per heavy atom. The number of benzene rings is 1. The molecule has 0 fully saturated rings. The molecule has 1 nitrogen and oxygen atoms in total. The van der Waals surface area contributed by atoms with Crippen molar-refractivity contribution in [2.24, 2.45) is 4.99 Å². The van der Waals surface area contributed by atoms with E-state index in [2.05, 4.69) is 11.1 Å². The van der Waals surface area contributed by atoms with Gasteiger partial charge in [-0.3, -0.25) is 4.99 Å². The van der Waals surface area contributed by atoms with Gasteiger partial charge in [0, 0.05) is 6.21 Å². The summed E-state index contributed by atoms with van der Waals surface area (Å²) in [5.74, 6) is -0.195. The van der Waals surface area contributed by atoms with E-state index < -0.39 is 0 Å². The van der Waals surface area contributed by atoms with Crippen molar-refractivity contribution in [1.29, 1.82) is 0 Å². The van der Waals surface area contributed by atoms with Crippen molar-refractivity contribution in [3.63, 3.8) is 0 Å². The molecule has 0 radical (unpaired) electrons. The number of halogens is 1. The van der Waals surface area contributed by atoms with Gasteiger partial charge in [0.25, 0.3) is 0 Å². The highest BCUT2D eigenvalue weighted by atomic mass is 19.1. The maximum absolute atomic E-state index is 12.6. The van der Waals surface area contributed by atoms with Gasteiger partial charge >= 0.3 is 0 Å². The van der Waals surface area contributed by atoms with Crippen LogP contribution in [0.1, 0.15) is 18.0 Å². The maximum Gasteiger partial charge on any atom is 0.123 e. The number of hydrogen-bond donors (Lipinski definition) is 0. The van der Waals surface area contributed by atoms with Crippen LogP contribution in [-0.4, -0.2) is 6.21 Å². The smallest absolute Gasteiger partial charge is 0.123 e. The van der Waals surface area contributed by atoms with E-state index in [1.54, 1.807) is 18.3 Å². The van der Waals surface area contributed by atoms with E-state index in [-0.39, 0.29) is 11.9 Å². The number of hydrogen-bond acceptors (Lipinski definition) is 1. The largest absolute Gasteiger partial charge is 0.285 e. The van der Waals surface area contributed by atoms with E-state index in [4.69, 9.17) is 0 Å². The summed E-state index contributed by atoms with van der Waals surface area (Å²) in [6.45, 7) is 0. The first-order chi connectivity index (χ1) is 6.36. The highest BCUT2D eigenvalue weighted by Gasteiger charge is 2.08. The number of nitrogens with zero attached hydrogens (tertiary/aromatic N) is 1. The van der Waals surface area contributed by atoms with Gasteiger partial charge < -0.3 is 0 Å². The third-order valence-corrected chi connectivity index (χ3v) is 2.10. The Hall–Kier alpha value is -1.44. The van der Waals surface area contributed by atoms with Gasteiger partial charge in [0.05, 0.1) is 6.04 Å². The Morgan fingerprint density at radius 3 is 2.62 bits per heavy atom. The molecule has 13 heavy (non-hydrogen) atoms. The van der Waals surface area contributed by atoms with Crippen LogP contribution in [0.3, 0.4) is 0 Å². The van der Waals surface area contributed by atoms with Crippen LogP contribution in [0.5, 0.6) is 0 Å². The molecule has 2 heteroatoms. The highest BCUT2D eigenvalue weighted by molar-refractivity contribution is 5.72. The Bertz CT molecular complexity index is 338. The van der Waals surface area contributed by atoms with Gasteiger partial charge in [-0.05, 0) is 30.2 Å². The Balaban J connectivity index is 2.21. The summed E-state index contributed by atoms with van der Waals surface area (Å²) in [6.07, 6.45) is 6.70. The molecule has 0 aromatic heterocycles. The van der Waals surface area contributed by atoms with Crippen molar-refractivity contribution in [1.82, 2.24) is 0 Å². The molecule has 0 N–H and O–H groups in total. The minimum absolute atomic E-state index is 0.172. The second kappa shape index (κ2) is 3.52. The van der Waals surface area contributed by atoms with E-state index in [0.29, 0.717) is 0 Å². The van der Waals surface area contributed by atoms with Crippen molar-refractivity contribution >= 4 is 6.21 Å². The van der Waals surface area contributed by atoms with Gasteiger partial charge in [0.2, 0.25) is 0 Å². The van der Waals surface area contributed by atoms with Crippen LogP contribution >= 0.6 is 0 Å². The fraction of sp³-hybridized carbons (Fsp3) is 0.182. The van der Waals surface area contributed by atoms with Gasteiger partial charge in [-0.25, -0.2) is 4.39 Å². The first-order valence-electron chi connectivity index (χ1n) is 4.30. The summed E-state index contributed by atoms with van der Waals surface area (Å²) in [6, 6.07) is 6.70. The summed E-state index contributed by atoms with van der Waals surface area (Å²) in [5.41, 5.74) is 1.07. The predicted octanol–water partition coefficient (Wildman–Crippen LogP) is 2.90. The summed E-state index contributed by atoms with van der Waals surface area (Å²) in [5, 5.41) is 0. The van der Waals surface area contributed by atoms with Crippen molar-refractivity contribution < 1.29 is 4.39 Å².